The van der Waals surface area contributed by atoms with Crippen LogP contribution < -0.4 is 0 Å². The maximum Gasteiger partial charge on any atom is 0.349 e. The third-order valence-electron chi connectivity index (χ3n) is 2.48. The van der Waals surface area contributed by atoms with E-state index in [1.165, 1.54) is 0 Å². The Hall–Kier alpha value is -1.30. The lowest BCUT2D eigenvalue weighted by Crippen LogP contribution is -2.25. The first-order valence-corrected chi connectivity index (χ1v) is 3.90. The highest BCUT2D eigenvalue weighted by Crippen LogP contribution is 2.34. The van der Waals surface area contributed by atoms with Crippen molar-refractivity contribution >= 4 is 5.97 Å². The van der Waals surface area contributed by atoms with E-state index in [0.29, 0.717) is 6.42 Å². The first-order chi connectivity index (χ1) is 5.55. The Morgan fingerprint density at radius 1 is 1.67 bits per heavy atom. The Bertz CT molecular complexity index is 298. The minimum absolute atomic E-state index is 0.166. The van der Waals surface area contributed by atoms with E-state index in [0.717, 1.165) is 5.57 Å². The number of rotatable bonds is 1. The van der Waals surface area contributed by atoms with Gasteiger partial charge in [0, 0.05) is 0 Å². The maximum atomic E-state index is 11.1. The maximum absolute atomic E-state index is 11.1. The van der Waals surface area contributed by atoms with Crippen LogP contribution in [0.4, 0.5) is 0 Å². The zero-order valence-corrected chi connectivity index (χ0v) is 7.47. The molecule has 1 aliphatic rings. The number of hydrogen-bond donors (Lipinski definition) is 0. The van der Waals surface area contributed by atoms with Gasteiger partial charge in [0.15, 0.2) is 0 Å². The lowest BCUT2D eigenvalue weighted by molar-refractivity contribution is -0.145. The third-order valence-corrected chi connectivity index (χ3v) is 2.48. The van der Waals surface area contributed by atoms with Gasteiger partial charge < -0.3 is 4.74 Å². The summed E-state index contributed by atoms with van der Waals surface area (Å²) in [7, 11) is 0. The fourth-order valence-electron chi connectivity index (χ4n) is 1.22. The summed E-state index contributed by atoms with van der Waals surface area (Å²) in [4.78, 5) is 11.1. The van der Waals surface area contributed by atoms with Crippen molar-refractivity contribution in [3.05, 3.63) is 11.1 Å². The number of nitriles is 1. The molecule has 0 amide bonds. The molecule has 1 atom stereocenters. The quantitative estimate of drug-likeness (QED) is 0.554. The Morgan fingerprint density at radius 2 is 2.25 bits per heavy atom. The molecule has 1 unspecified atom stereocenters. The van der Waals surface area contributed by atoms with Crippen LogP contribution in [0, 0.1) is 11.3 Å². The SMILES string of the molecule is CCC1(C)OC(=O)C(C#N)=C1C. The highest BCUT2D eigenvalue weighted by molar-refractivity contribution is 5.96. The molecule has 0 spiro atoms. The van der Waals surface area contributed by atoms with Gasteiger partial charge in [-0.15, -0.1) is 0 Å². The summed E-state index contributed by atoms with van der Waals surface area (Å²) in [6.07, 6.45) is 0.704. The van der Waals surface area contributed by atoms with Crippen molar-refractivity contribution in [2.45, 2.75) is 32.8 Å². The molecule has 64 valence electrons. The highest BCUT2D eigenvalue weighted by Gasteiger charge is 2.40. The van der Waals surface area contributed by atoms with E-state index in [-0.39, 0.29) is 5.57 Å². The number of ether oxygens (including phenoxy) is 1. The van der Waals surface area contributed by atoms with E-state index >= 15 is 0 Å². The second-order valence-corrected chi connectivity index (χ2v) is 3.09. The molecule has 3 nitrogen and oxygen atoms in total. The molecule has 0 aliphatic carbocycles. The van der Waals surface area contributed by atoms with Gasteiger partial charge in [0.25, 0.3) is 0 Å². The van der Waals surface area contributed by atoms with Crippen molar-refractivity contribution in [1.82, 2.24) is 0 Å². The Kier molecular flexibility index (Phi) is 1.93. The lowest BCUT2D eigenvalue weighted by atomic mass is 9.93. The van der Waals surface area contributed by atoms with E-state index in [1.807, 2.05) is 19.9 Å². The zero-order valence-electron chi connectivity index (χ0n) is 7.47. The molecule has 0 fully saturated rings. The van der Waals surface area contributed by atoms with Gasteiger partial charge in [-0.25, -0.2) is 4.79 Å². The topological polar surface area (TPSA) is 50.1 Å². The van der Waals surface area contributed by atoms with Crippen molar-refractivity contribution in [3.63, 3.8) is 0 Å². The highest BCUT2D eigenvalue weighted by atomic mass is 16.6. The fraction of sp³-hybridized carbons (Fsp3) is 0.556. The Morgan fingerprint density at radius 3 is 2.50 bits per heavy atom. The van der Waals surface area contributed by atoms with Crippen LogP contribution in [-0.4, -0.2) is 11.6 Å². The number of cyclic esters (lactones) is 1. The van der Waals surface area contributed by atoms with E-state index in [4.69, 9.17) is 10.00 Å². The van der Waals surface area contributed by atoms with Gasteiger partial charge in [-0.3, -0.25) is 0 Å². The van der Waals surface area contributed by atoms with Crippen LogP contribution in [0.3, 0.4) is 0 Å². The number of hydrogen-bond acceptors (Lipinski definition) is 3. The standard InChI is InChI=1S/C9H11NO2/c1-4-9(3)6(2)7(5-10)8(11)12-9/h4H2,1-3H3. The van der Waals surface area contributed by atoms with Crippen molar-refractivity contribution in [2.24, 2.45) is 0 Å². The smallest absolute Gasteiger partial charge is 0.349 e. The Balaban J connectivity index is 3.15. The monoisotopic (exact) mass is 165 g/mol. The van der Waals surface area contributed by atoms with Crippen molar-refractivity contribution < 1.29 is 9.53 Å². The average molecular weight is 165 g/mol. The summed E-state index contributed by atoms with van der Waals surface area (Å²) in [6.45, 7) is 5.52. The minimum atomic E-state index is -0.553. The van der Waals surface area contributed by atoms with Gasteiger partial charge in [0.2, 0.25) is 0 Å². The van der Waals surface area contributed by atoms with Crippen molar-refractivity contribution in [1.29, 1.82) is 5.26 Å². The van der Waals surface area contributed by atoms with Gasteiger partial charge >= 0.3 is 5.97 Å². The molecule has 0 saturated heterocycles. The average Bonchev–Trinajstić information content (AvgIpc) is 2.25. The predicted octanol–water partition coefficient (Wildman–Crippen LogP) is 1.55. The summed E-state index contributed by atoms with van der Waals surface area (Å²) in [5.41, 5.74) is 0.360. The molecule has 1 heterocycles. The molecule has 0 saturated carbocycles. The summed E-state index contributed by atoms with van der Waals surface area (Å²) in [6, 6.07) is 1.86. The second kappa shape index (κ2) is 2.63. The normalized spacial score (nSPS) is 28.7. The first-order valence-electron chi connectivity index (χ1n) is 3.90. The summed E-state index contributed by atoms with van der Waals surface area (Å²) < 4.78 is 5.08. The molecule has 0 N–H and O–H groups in total. The van der Waals surface area contributed by atoms with Crippen LogP contribution in [0.5, 0.6) is 0 Å². The first kappa shape index (κ1) is 8.79. The van der Waals surface area contributed by atoms with Gasteiger partial charge in [0.1, 0.15) is 17.2 Å². The lowest BCUT2D eigenvalue weighted by Gasteiger charge is -2.22. The van der Waals surface area contributed by atoms with Crippen molar-refractivity contribution in [3.8, 4) is 6.07 Å². The molecular formula is C9H11NO2. The van der Waals surface area contributed by atoms with Gasteiger partial charge in [0.05, 0.1) is 0 Å². The number of carbonyl (C=O) groups excluding carboxylic acids is 1. The van der Waals surface area contributed by atoms with Gasteiger partial charge in [-0.05, 0) is 25.8 Å². The van der Waals surface area contributed by atoms with Crippen molar-refractivity contribution in [2.75, 3.05) is 0 Å². The Labute approximate surface area is 71.6 Å². The summed E-state index contributed by atoms with van der Waals surface area (Å²) in [5, 5.41) is 8.63. The molecule has 0 radical (unpaired) electrons. The zero-order chi connectivity index (χ0) is 9.35. The minimum Gasteiger partial charge on any atom is -0.451 e. The largest absolute Gasteiger partial charge is 0.451 e. The van der Waals surface area contributed by atoms with Crippen LogP contribution in [0.15, 0.2) is 11.1 Å². The van der Waals surface area contributed by atoms with E-state index in [2.05, 4.69) is 0 Å². The molecule has 0 bridgehead atoms. The van der Waals surface area contributed by atoms with Gasteiger partial charge in [-0.1, -0.05) is 6.92 Å². The molecule has 1 aliphatic heterocycles. The summed E-state index contributed by atoms with van der Waals surface area (Å²) in [5.74, 6) is -0.487. The van der Waals surface area contributed by atoms with E-state index < -0.39 is 11.6 Å². The second-order valence-electron chi connectivity index (χ2n) is 3.09. The van der Waals surface area contributed by atoms with E-state index in [9.17, 15) is 4.79 Å². The van der Waals surface area contributed by atoms with Crippen LogP contribution in [0.2, 0.25) is 0 Å². The number of carbonyl (C=O) groups is 1. The molecular weight excluding hydrogens is 154 g/mol. The van der Waals surface area contributed by atoms with Crippen LogP contribution >= 0.6 is 0 Å². The number of esters is 1. The fourth-order valence-corrected chi connectivity index (χ4v) is 1.22. The van der Waals surface area contributed by atoms with E-state index in [1.54, 1.807) is 6.92 Å². The number of nitrogens with zero attached hydrogens (tertiary/aromatic N) is 1. The molecule has 3 heteroatoms. The third kappa shape index (κ3) is 1.00. The van der Waals surface area contributed by atoms with Gasteiger partial charge in [-0.2, -0.15) is 5.26 Å². The predicted molar refractivity (Wildman–Crippen MR) is 43.1 cm³/mol. The molecule has 1 rings (SSSR count). The molecule has 12 heavy (non-hydrogen) atoms. The van der Waals surface area contributed by atoms with Crippen LogP contribution in [0.25, 0.3) is 0 Å². The molecule has 0 aromatic carbocycles. The van der Waals surface area contributed by atoms with Crippen LogP contribution in [0.1, 0.15) is 27.2 Å². The summed E-state index contributed by atoms with van der Waals surface area (Å²) >= 11 is 0. The molecule has 0 aromatic rings. The van der Waals surface area contributed by atoms with Crippen LogP contribution in [-0.2, 0) is 9.53 Å². The molecule has 0 aromatic heterocycles.